The molecule has 0 unspecified atom stereocenters. The standard InChI is InChI=1S/C11H11NO4S/c13-9(14)6-12(7-10(15)17)11(16)8-4-2-1-3-5-8/h1-5H,6-7H2,(H,13,14)(H,15,17). The van der Waals surface area contributed by atoms with Gasteiger partial charge in [0.2, 0.25) is 5.12 Å². The number of hydrogen-bond donors (Lipinski definition) is 2. The summed E-state index contributed by atoms with van der Waals surface area (Å²) in [6.45, 7) is -0.858. The number of rotatable bonds is 5. The van der Waals surface area contributed by atoms with Gasteiger partial charge >= 0.3 is 5.97 Å². The van der Waals surface area contributed by atoms with E-state index in [2.05, 4.69) is 12.6 Å². The van der Waals surface area contributed by atoms with Crippen molar-refractivity contribution < 1.29 is 19.5 Å². The van der Waals surface area contributed by atoms with Crippen molar-refractivity contribution in [2.75, 3.05) is 13.1 Å². The SMILES string of the molecule is O=C(O)CN(CC(=O)S)C(=O)c1ccccc1. The summed E-state index contributed by atoms with van der Waals surface area (Å²) in [5.41, 5.74) is 0.336. The number of amides is 1. The molecule has 6 heteroatoms. The number of carbonyl (C=O) groups excluding carboxylic acids is 2. The van der Waals surface area contributed by atoms with Gasteiger partial charge in [-0.1, -0.05) is 18.2 Å². The van der Waals surface area contributed by atoms with Crippen LogP contribution >= 0.6 is 12.6 Å². The molecule has 0 atom stereocenters. The summed E-state index contributed by atoms with van der Waals surface area (Å²) in [4.78, 5) is 34.3. The lowest BCUT2D eigenvalue weighted by atomic mass is 10.2. The third kappa shape index (κ3) is 4.28. The molecule has 0 heterocycles. The molecule has 0 saturated carbocycles. The van der Waals surface area contributed by atoms with Gasteiger partial charge in [0.15, 0.2) is 0 Å². The molecule has 5 nitrogen and oxygen atoms in total. The molecule has 0 fully saturated rings. The first-order valence-electron chi connectivity index (χ1n) is 4.78. The van der Waals surface area contributed by atoms with Gasteiger partial charge in [0.25, 0.3) is 5.91 Å². The monoisotopic (exact) mass is 253 g/mol. The molecule has 1 amide bonds. The van der Waals surface area contributed by atoms with Gasteiger partial charge in [0.05, 0.1) is 6.54 Å². The van der Waals surface area contributed by atoms with E-state index in [4.69, 9.17) is 5.11 Å². The van der Waals surface area contributed by atoms with E-state index in [0.717, 1.165) is 4.90 Å². The van der Waals surface area contributed by atoms with Crippen LogP contribution in [0.4, 0.5) is 0 Å². The van der Waals surface area contributed by atoms with Gasteiger partial charge in [0, 0.05) is 5.56 Å². The molecule has 1 aromatic carbocycles. The lowest BCUT2D eigenvalue weighted by Crippen LogP contribution is -2.38. The fourth-order valence-corrected chi connectivity index (χ4v) is 1.46. The Bertz CT molecular complexity index is 416. The van der Waals surface area contributed by atoms with E-state index in [1.807, 2.05) is 0 Å². The molecule has 90 valence electrons. The molecule has 17 heavy (non-hydrogen) atoms. The van der Waals surface area contributed by atoms with E-state index >= 15 is 0 Å². The van der Waals surface area contributed by atoms with Gasteiger partial charge < -0.3 is 10.0 Å². The summed E-state index contributed by atoms with van der Waals surface area (Å²) < 4.78 is 0. The van der Waals surface area contributed by atoms with Crippen LogP contribution in [0.15, 0.2) is 30.3 Å². The summed E-state index contributed by atoms with van der Waals surface area (Å²) in [6.07, 6.45) is 0. The van der Waals surface area contributed by atoms with Crippen LogP contribution < -0.4 is 0 Å². The minimum Gasteiger partial charge on any atom is -0.480 e. The molecule has 1 aromatic rings. The topological polar surface area (TPSA) is 74.7 Å². The van der Waals surface area contributed by atoms with E-state index in [1.54, 1.807) is 30.3 Å². The number of carboxylic acids is 1. The average Bonchev–Trinajstić information content (AvgIpc) is 2.27. The molecule has 0 spiro atoms. The number of thiol groups is 1. The van der Waals surface area contributed by atoms with Crippen molar-refractivity contribution in [2.45, 2.75) is 0 Å². The molecule has 1 rings (SSSR count). The first-order chi connectivity index (χ1) is 8.00. The van der Waals surface area contributed by atoms with E-state index in [0.29, 0.717) is 5.56 Å². The highest BCUT2D eigenvalue weighted by molar-refractivity contribution is 7.96. The Morgan fingerprint density at radius 2 is 1.71 bits per heavy atom. The summed E-state index contributed by atoms with van der Waals surface area (Å²) in [6, 6.07) is 8.17. The first kappa shape index (κ1) is 13.2. The smallest absolute Gasteiger partial charge is 0.323 e. The van der Waals surface area contributed by atoms with Crippen molar-refractivity contribution in [3.05, 3.63) is 35.9 Å². The molecule has 1 N–H and O–H groups in total. The van der Waals surface area contributed by atoms with Gasteiger partial charge in [-0.2, -0.15) is 0 Å². The number of benzene rings is 1. The van der Waals surface area contributed by atoms with Crippen LogP contribution in [0.3, 0.4) is 0 Å². The normalized spacial score (nSPS) is 9.71. The summed E-state index contributed by atoms with van der Waals surface area (Å²) in [5.74, 6) is -1.68. The number of aliphatic carboxylic acids is 1. The Balaban J connectivity index is 2.86. The maximum atomic E-state index is 11.9. The van der Waals surface area contributed by atoms with Crippen molar-refractivity contribution in [2.24, 2.45) is 0 Å². The van der Waals surface area contributed by atoms with E-state index in [-0.39, 0.29) is 6.54 Å². The maximum absolute atomic E-state index is 11.9. The lowest BCUT2D eigenvalue weighted by Gasteiger charge is -2.18. The molecule has 0 aliphatic heterocycles. The van der Waals surface area contributed by atoms with Crippen LogP contribution in [0.5, 0.6) is 0 Å². The van der Waals surface area contributed by atoms with Crippen molar-refractivity contribution in [3.8, 4) is 0 Å². The number of carbonyl (C=O) groups is 3. The Morgan fingerprint density at radius 1 is 1.12 bits per heavy atom. The Hall–Kier alpha value is -1.82. The second-order valence-corrected chi connectivity index (χ2v) is 3.81. The zero-order valence-electron chi connectivity index (χ0n) is 8.87. The highest BCUT2D eigenvalue weighted by atomic mass is 32.1. The summed E-state index contributed by atoms with van der Waals surface area (Å²) in [7, 11) is 0. The third-order valence-corrected chi connectivity index (χ3v) is 2.10. The second kappa shape index (κ2) is 6.05. The average molecular weight is 253 g/mol. The van der Waals surface area contributed by atoms with Crippen LogP contribution in [0.25, 0.3) is 0 Å². The fourth-order valence-electron chi connectivity index (χ4n) is 1.29. The molecular formula is C11H11NO4S. The maximum Gasteiger partial charge on any atom is 0.323 e. The van der Waals surface area contributed by atoms with Crippen molar-refractivity contribution in [3.63, 3.8) is 0 Å². The molecule has 0 saturated heterocycles. The van der Waals surface area contributed by atoms with E-state index in [9.17, 15) is 14.4 Å². The Kier molecular flexibility index (Phi) is 4.71. The van der Waals surface area contributed by atoms with Gasteiger partial charge in [-0.25, -0.2) is 0 Å². The van der Waals surface area contributed by atoms with Crippen molar-refractivity contribution in [1.82, 2.24) is 4.90 Å². The van der Waals surface area contributed by atoms with E-state index < -0.39 is 23.5 Å². The lowest BCUT2D eigenvalue weighted by molar-refractivity contribution is -0.137. The van der Waals surface area contributed by atoms with Crippen molar-refractivity contribution >= 4 is 29.6 Å². The van der Waals surface area contributed by atoms with Gasteiger partial charge in [-0.05, 0) is 12.1 Å². The largest absolute Gasteiger partial charge is 0.480 e. The van der Waals surface area contributed by atoms with Gasteiger partial charge in [-0.3, -0.25) is 14.4 Å². The predicted octanol–water partition coefficient (Wildman–Crippen LogP) is 0.670. The number of hydrogen-bond acceptors (Lipinski definition) is 3. The van der Waals surface area contributed by atoms with Crippen LogP contribution in [-0.4, -0.2) is 40.1 Å². The third-order valence-electron chi connectivity index (χ3n) is 1.96. The minimum atomic E-state index is -1.18. The Morgan fingerprint density at radius 3 is 2.18 bits per heavy atom. The van der Waals surface area contributed by atoms with Crippen LogP contribution in [0, 0.1) is 0 Å². The highest BCUT2D eigenvalue weighted by Crippen LogP contribution is 2.05. The zero-order valence-corrected chi connectivity index (χ0v) is 9.76. The van der Waals surface area contributed by atoms with Gasteiger partial charge in [0.1, 0.15) is 6.54 Å². The van der Waals surface area contributed by atoms with Gasteiger partial charge in [-0.15, -0.1) is 12.6 Å². The second-order valence-electron chi connectivity index (χ2n) is 3.31. The summed E-state index contributed by atoms with van der Waals surface area (Å²) >= 11 is 3.54. The molecule has 0 aliphatic rings. The fraction of sp³-hybridized carbons (Fsp3) is 0.182. The molecular weight excluding hydrogens is 242 g/mol. The molecule has 0 radical (unpaired) electrons. The minimum absolute atomic E-state index is 0.330. The van der Waals surface area contributed by atoms with Crippen molar-refractivity contribution in [1.29, 1.82) is 0 Å². The van der Waals surface area contributed by atoms with Crippen LogP contribution in [0.1, 0.15) is 10.4 Å². The van der Waals surface area contributed by atoms with Crippen LogP contribution in [0.2, 0.25) is 0 Å². The summed E-state index contributed by atoms with van der Waals surface area (Å²) in [5, 5.41) is 8.10. The highest BCUT2D eigenvalue weighted by Gasteiger charge is 2.19. The molecule has 0 bridgehead atoms. The number of nitrogens with zero attached hydrogens (tertiary/aromatic N) is 1. The molecule has 0 aromatic heterocycles. The van der Waals surface area contributed by atoms with E-state index in [1.165, 1.54) is 0 Å². The Labute approximate surface area is 103 Å². The zero-order chi connectivity index (χ0) is 12.8. The quantitative estimate of drug-likeness (QED) is 0.756. The molecule has 0 aliphatic carbocycles. The number of carboxylic acid groups (broad SMARTS) is 1. The predicted molar refractivity (Wildman–Crippen MR) is 64.0 cm³/mol. The van der Waals surface area contributed by atoms with Crippen LogP contribution in [-0.2, 0) is 9.59 Å². The first-order valence-corrected chi connectivity index (χ1v) is 5.23.